The van der Waals surface area contributed by atoms with Crippen molar-refractivity contribution in [1.29, 1.82) is 0 Å². The molecule has 18 heavy (non-hydrogen) atoms. The summed E-state index contributed by atoms with van der Waals surface area (Å²) >= 11 is 1.33. The minimum absolute atomic E-state index is 0.0941. The van der Waals surface area contributed by atoms with Crippen LogP contribution >= 0.6 is 11.3 Å². The summed E-state index contributed by atoms with van der Waals surface area (Å²) in [5, 5.41) is 23.0. The van der Waals surface area contributed by atoms with Crippen LogP contribution in [-0.4, -0.2) is 24.8 Å². The average Bonchev–Trinajstić information content (AvgIpc) is 2.97. The van der Waals surface area contributed by atoms with Gasteiger partial charge in [0.25, 0.3) is 5.69 Å². The molecule has 0 fully saturated rings. The molecule has 0 saturated carbocycles. The molecule has 0 aliphatic rings. The van der Waals surface area contributed by atoms with E-state index in [1.807, 2.05) is 0 Å². The quantitative estimate of drug-likeness (QED) is 0.434. The summed E-state index contributed by atoms with van der Waals surface area (Å²) in [4.78, 5) is 18.4. The maximum Gasteiger partial charge on any atom is 0.271 e. The molecule has 1 aromatic carbocycles. The summed E-state index contributed by atoms with van der Waals surface area (Å²) in [6.45, 7) is 0. The van der Waals surface area contributed by atoms with E-state index in [2.05, 4.69) is 9.97 Å². The lowest BCUT2D eigenvalue weighted by Crippen LogP contribution is -1.94. The first-order valence-corrected chi connectivity index (χ1v) is 5.81. The van der Waals surface area contributed by atoms with Crippen LogP contribution in [0.2, 0.25) is 0 Å². The highest BCUT2D eigenvalue weighted by Gasteiger charge is 2.16. The van der Waals surface area contributed by atoms with E-state index in [4.69, 9.17) is 0 Å². The molecule has 8 heteroatoms. The van der Waals surface area contributed by atoms with Gasteiger partial charge in [-0.2, -0.15) is 4.73 Å². The Kier molecular flexibility index (Phi) is 2.23. The topological polar surface area (TPSA) is 94.1 Å². The van der Waals surface area contributed by atoms with Gasteiger partial charge in [-0.15, -0.1) is 11.3 Å². The molecule has 3 aromatic rings. The molecule has 0 bridgehead atoms. The van der Waals surface area contributed by atoms with Gasteiger partial charge < -0.3 is 5.21 Å². The fourth-order valence-corrected chi connectivity index (χ4v) is 2.25. The summed E-state index contributed by atoms with van der Waals surface area (Å²) in [5.74, 6) is 0.278. The predicted octanol–water partition coefficient (Wildman–Crippen LogP) is 2.31. The van der Waals surface area contributed by atoms with Crippen molar-refractivity contribution in [2.24, 2.45) is 0 Å². The maximum atomic E-state index is 10.7. The van der Waals surface area contributed by atoms with E-state index in [1.165, 1.54) is 29.5 Å². The number of fused-ring (bicyclic) bond motifs is 1. The molecule has 0 unspecified atom stereocenters. The van der Waals surface area contributed by atoms with E-state index in [0.717, 1.165) is 4.73 Å². The summed E-state index contributed by atoms with van der Waals surface area (Å²) in [5.41, 5.74) is 0.672. The number of thiazole rings is 1. The summed E-state index contributed by atoms with van der Waals surface area (Å²) < 4.78 is 0.821. The Labute approximate surface area is 104 Å². The zero-order valence-corrected chi connectivity index (χ0v) is 9.66. The highest BCUT2D eigenvalue weighted by Crippen LogP contribution is 2.27. The molecule has 0 aliphatic carbocycles. The Bertz CT molecular complexity index is 735. The van der Waals surface area contributed by atoms with Gasteiger partial charge >= 0.3 is 0 Å². The minimum Gasteiger partial charge on any atom is -0.426 e. The van der Waals surface area contributed by atoms with Crippen molar-refractivity contribution >= 4 is 28.1 Å². The fraction of sp³-hybridized carbons (Fsp3) is 0. The molecule has 0 amide bonds. The van der Waals surface area contributed by atoms with Crippen molar-refractivity contribution < 1.29 is 10.1 Å². The molecule has 3 rings (SSSR count). The standard InChI is InChI=1S/C10H6N4O3S/c15-13-8-5-6(14(16)17)1-2-7(8)12-9(13)10-11-3-4-18-10/h1-5,15H. The first kappa shape index (κ1) is 10.7. The van der Waals surface area contributed by atoms with Gasteiger partial charge in [0, 0.05) is 23.7 Å². The van der Waals surface area contributed by atoms with Gasteiger partial charge in [-0.3, -0.25) is 10.1 Å². The number of non-ortho nitro benzene ring substituents is 1. The third-order valence-corrected chi connectivity index (χ3v) is 3.22. The van der Waals surface area contributed by atoms with Crippen molar-refractivity contribution in [1.82, 2.24) is 14.7 Å². The van der Waals surface area contributed by atoms with Gasteiger partial charge in [-0.05, 0) is 6.07 Å². The zero-order valence-electron chi connectivity index (χ0n) is 8.85. The van der Waals surface area contributed by atoms with Crippen LogP contribution in [-0.2, 0) is 0 Å². The average molecular weight is 262 g/mol. The SMILES string of the molecule is O=[N+]([O-])c1ccc2nc(-c3nccs3)n(O)c2c1. The van der Waals surface area contributed by atoms with Crippen molar-refractivity contribution in [3.63, 3.8) is 0 Å². The Hall–Kier alpha value is -2.48. The van der Waals surface area contributed by atoms with Crippen molar-refractivity contribution in [3.05, 3.63) is 39.9 Å². The number of nitrogens with zero attached hydrogens (tertiary/aromatic N) is 4. The van der Waals surface area contributed by atoms with Gasteiger partial charge in [-0.1, -0.05) is 0 Å². The van der Waals surface area contributed by atoms with Crippen LogP contribution in [0.25, 0.3) is 21.9 Å². The predicted molar refractivity (Wildman–Crippen MR) is 64.7 cm³/mol. The highest BCUT2D eigenvalue weighted by molar-refractivity contribution is 7.13. The molecule has 1 N–H and O–H groups in total. The molecule has 2 aromatic heterocycles. The molecule has 0 radical (unpaired) electrons. The van der Waals surface area contributed by atoms with Crippen LogP contribution in [0.3, 0.4) is 0 Å². The molecule has 0 spiro atoms. The van der Waals surface area contributed by atoms with Gasteiger partial charge in [0.1, 0.15) is 5.52 Å². The molecule has 90 valence electrons. The minimum atomic E-state index is -0.518. The Morgan fingerprint density at radius 3 is 2.94 bits per heavy atom. The smallest absolute Gasteiger partial charge is 0.271 e. The second kappa shape index (κ2) is 3.77. The molecule has 0 saturated heterocycles. The maximum absolute atomic E-state index is 10.7. The van der Waals surface area contributed by atoms with E-state index in [1.54, 1.807) is 11.6 Å². The molecule has 7 nitrogen and oxygen atoms in total. The molecular formula is C10H6N4O3S. The van der Waals surface area contributed by atoms with E-state index in [9.17, 15) is 15.3 Å². The number of aromatic nitrogens is 3. The fourth-order valence-electron chi connectivity index (χ4n) is 1.64. The van der Waals surface area contributed by atoms with E-state index in [-0.39, 0.29) is 17.0 Å². The first-order valence-electron chi connectivity index (χ1n) is 4.93. The van der Waals surface area contributed by atoms with E-state index >= 15 is 0 Å². The Balaban J connectivity index is 2.25. The normalized spacial score (nSPS) is 10.9. The van der Waals surface area contributed by atoms with Crippen LogP contribution in [0.4, 0.5) is 5.69 Å². The summed E-state index contributed by atoms with van der Waals surface area (Å²) in [6.07, 6.45) is 1.60. The van der Waals surface area contributed by atoms with Crippen LogP contribution in [0.5, 0.6) is 0 Å². The molecular weight excluding hydrogens is 256 g/mol. The zero-order chi connectivity index (χ0) is 12.7. The summed E-state index contributed by atoms with van der Waals surface area (Å²) in [6, 6.07) is 4.12. The number of nitro groups is 1. The van der Waals surface area contributed by atoms with Crippen molar-refractivity contribution in [2.45, 2.75) is 0 Å². The van der Waals surface area contributed by atoms with E-state index in [0.29, 0.717) is 10.5 Å². The number of hydrogen-bond donors (Lipinski definition) is 1. The Morgan fingerprint density at radius 2 is 2.28 bits per heavy atom. The second-order valence-corrected chi connectivity index (χ2v) is 4.41. The van der Waals surface area contributed by atoms with Crippen LogP contribution in [0.1, 0.15) is 0 Å². The third-order valence-electron chi connectivity index (χ3n) is 2.45. The number of imidazole rings is 1. The number of hydrogen-bond acceptors (Lipinski definition) is 6. The summed E-state index contributed by atoms with van der Waals surface area (Å²) in [7, 11) is 0. The van der Waals surface area contributed by atoms with Gasteiger partial charge in [0.2, 0.25) is 5.82 Å². The lowest BCUT2D eigenvalue weighted by Gasteiger charge is -1.96. The van der Waals surface area contributed by atoms with Gasteiger partial charge in [-0.25, -0.2) is 9.97 Å². The van der Waals surface area contributed by atoms with E-state index < -0.39 is 4.92 Å². The highest BCUT2D eigenvalue weighted by atomic mass is 32.1. The molecule has 0 atom stereocenters. The van der Waals surface area contributed by atoms with Crippen LogP contribution in [0, 0.1) is 10.1 Å². The van der Waals surface area contributed by atoms with Crippen molar-refractivity contribution in [2.75, 3.05) is 0 Å². The Morgan fingerprint density at radius 1 is 1.44 bits per heavy atom. The van der Waals surface area contributed by atoms with Gasteiger partial charge in [0.15, 0.2) is 5.01 Å². The third kappa shape index (κ3) is 1.51. The molecule has 2 heterocycles. The van der Waals surface area contributed by atoms with Gasteiger partial charge in [0.05, 0.1) is 10.4 Å². The number of nitro benzene ring substituents is 1. The number of rotatable bonds is 2. The monoisotopic (exact) mass is 262 g/mol. The lowest BCUT2D eigenvalue weighted by molar-refractivity contribution is -0.384. The van der Waals surface area contributed by atoms with Crippen LogP contribution < -0.4 is 0 Å². The largest absolute Gasteiger partial charge is 0.426 e. The van der Waals surface area contributed by atoms with Crippen molar-refractivity contribution in [3.8, 4) is 10.8 Å². The number of benzene rings is 1. The first-order chi connectivity index (χ1) is 8.66. The molecule has 0 aliphatic heterocycles. The second-order valence-electron chi connectivity index (χ2n) is 3.51. The lowest BCUT2D eigenvalue weighted by atomic mass is 10.3. The van der Waals surface area contributed by atoms with Crippen LogP contribution in [0.15, 0.2) is 29.8 Å².